The van der Waals surface area contributed by atoms with E-state index in [1.165, 1.54) is 49.1 Å². The van der Waals surface area contributed by atoms with E-state index >= 15 is 0 Å². The predicted octanol–water partition coefficient (Wildman–Crippen LogP) is 5.69. The van der Waals surface area contributed by atoms with Gasteiger partial charge < -0.3 is 4.90 Å². The Morgan fingerprint density at radius 1 is 0.958 bits per heavy atom. The second-order valence-corrected chi connectivity index (χ2v) is 8.30. The quantitative estimate of drug-likeness (QED) is 0.708. The van der Waals surface area contributed by atoms with Gasteiger partial charge in [-0.1, -0.05) is 48.9 Å². The molecule has 0 N–H and O–H groups in total. The molecule has 24 heavy (non-hydrogen) atoms. The molecular formula is C22H27NS. The van der Waals surface area contributed by atoms with Crippen LogP contribution in [0.4, 0.5) is 0 Å². The summed E-state index contributed by atoms with van der Waals surface area (Å²) >= 11 is 2.01. The van der Waals surface area contributed by atoms with Crippen LogP contribution in [0, 0.1) is 0 Å². The van der Waals surface area contributed by atoms with Crippen molar-refractivity contribution in [2.24, 2.45) is 0 Å². The molecule has 4 rings (SSSR count). The molecule has 0 aromatic heterocycles. The van der Waals surface area contributed by atoms with Crippen LogP contribution in [0.25, 0.3) is 0 Å². The smallest absolute Gasteiger partial charge is 0.0235 e. The molecule has 2 aromatic carbocycles. The van der Waals surface area contributed by atoms with Gasteiger partial charge in [0.15, 0.2) is 0 Å². The Bertz CT molecular complexity index is 648. The van der Waals surface area contributed by atoms with Crippen molar-refractivity contribution >= 4 is 11.8 Å². The number of thioether (sulfide) groups is 1. The molecule has 0 amide bonds. The zero-order chi connectivity index (χ0) is 16.4. The fourth-order valence-electron chi connectivity index (χ4n) is 4.41. The minimum Gasteiger partial charge on any atom is -0.303 e. The highest BCUT2D eigenvalue weighted by Crippen LogP contribution is 2.43. The second-order valence-electron chi connectivity index (χ2n) is 7.29. The lowest BCUT2D eigenvalue weighted by atomic mass is 9.83. The van der Waals surface area contributed by atoms with Crippen LogP contribution in [0.2, 0.25) is 0 Å². The Morgan fingerprint density at radius 2 is 1.75 bits per heavy atom. The topological polar surface area (TPSA) is 3.24 Å². The Hall–Kier alpha value is -1.25. The van der Waals surface area contributed by atoms with Crippen LogP contribution in [0.15, 0.2) is 53.4 Å². The molecule has 2 unspecified atom stereocenters. The van der Waals surface area contributed by atoms with Gasteiger partial charge in [-0.25, -0.2) is 0 Å². The Morgan fingerprint density at radius 3 is 2.62 bits per heavy atom. The Labute approximate surface area is 150 Å². The van der Waals surface area contributed by atoms with Crippen molar-refractivity contribution < 1.29 is 0 Å². The number of piperidine rings is 1. The number of hydrogen-bond acceptors (Lipinski definition) is 2. The number of fused-ring (bicyclic) bond motifs is 2. The lowest BCUT2D eigenvalue weighted by Gasteiger charge is -2.33. The van der Waals surface area contributed by atoms with Gasteiger partial charge in [0, 0.05) is 22.6 Å². The number of rotatable bonds is 3. The molecule has 2 heteroatoms. The van der Waals surface area contributed by atoms with Crippen LogP contribution in [0.3, 0.4) is 0 Å². The summed E-state index contributed by atoms with van der Waals surface area (Å²) in [6, 6.07) is 19.0. The summed E-state index contributed by atoms with van der Waals surface area (Å²) in [4.78, 5) is 4.07. The Balaban J connectivity index is 1.63. The molecule has 0 aliphatic carbocycles. The van der Waals surface area contributed by atoms with Gasteiger partial charge >= 0.3 is 0 Å². The highest BCUT2D eigenvalue weighted by atomic mass is 32.2. The summed E-state index contributed by atoms with van der Waals surface area (Å²) in [7, 11) is 2.31. The highest BCUT2D eigenvalue weighted by molar-refractivity contribution is 7.98. The first-order valence-corrected chi connectivity index (χ1v) is 10.3. The van der Waals surface area contributed by atoms with E-state index in [1.54, 1.807) is 11.1 Å². The van der Waals surface area contributed by atoms with E-state index < -0.39 is 0 Å². The first-order valence-electron chi connectivity index (χ1n) is 9.32. The minimum absolute atomic E-state index is 0.558. The fourth-order valence-corrected chi connectivity index (χ4v) is 5.53. The third-order valence-electron chi connectivity index (χ3n) is 5.82. The maximum atomic E-state index is 2.59. The third-order valence-corrected chi connectivity index (χ3v) is 6.96. The van der Waals surface area contributed by atoms with Gasteiger partial charge in [-0.2, -0.15) is 0 Å². The molecule has 1 nitrogen and oxygen atoms in total. The van der Waals surface area contributed by atoms with E-state index in [1.807, 2.05) is 11.8 Å². The lowest BCUT2D eigenvalue weighted by molar-refractivity contribution is 0.172. The molecule has 0 radical (unpaired) electrons. The molecule has 2 aliphatic heterocycles. The van der Waals surface area contributed by atoms with Crippen molar-refractivity contribution in [3.05, 3.63) is 65.2 Å². The predicted molar refractivity (Wildman–Crippen MR) is 104 cm³/mol. The highest BCUT2D eigenvalue weighted by Gasteiger charge is 2.26. The van der Waals surface area contributed by atoms with Gasteiger partial charge in [0.2, 0.25) is 0 Å². The van der Waals surface area contributed by atoms with Crippen LogP contribution >= 0.6 is 11.8 Å². The third kappa shape index (κ3) is 3.27. The Kier molecular flexibility index (Phi) is 4.96. The van der Waals surface area contributed by atoms with E-state index in [9.17, 15) is 0 Å². The van der Waals surface area contributed by atoms with Crippen molar-refractivity contribution in [3.8, 4) is 0 Å². The largest absolute Gasteiger partial charge is 0.303 e. The van der Waals surface area contributed by atoms with Crippen LogP contribution < -0.4 is 0 Å². The first kappa shape index (κ1) is 16.2. The molecule has 1 fully saturated rings. The van der Waals surface area contributed by atoms with Gasteiger partial charge in [-0.05, 0) is 62.0 Å². The fraction of sp³-hybridized carbons (Fsp3) is 0.455. The SMILES string of the molecule is CN1CCCCC1CCC1c2ccccc2CSc2ccccc21. The zero-order valence-electron chi connectivity index (χ0n) is 14.6. The van der Waals surface area contributed by atoms with E-state index in [4.69, 9.17) is 0 Å². The minimum atomic E-state index is 0.558. The maximum Gasteiger partial charge on any atom is 0.0235 e. The van der Waals surface area contributed by atoms with Crippen LogP contribution in [-0.4, -0.2) is 24.5 Å². The molecule has 1 saturated heterocycles. The van der Waals surface area contributed by atoms with Crippen LogP contribution in [0.5, 0.6) is 0 Å². The molecule has 0 saturated carbocycles. The molecule has 126 valence electrons. The first-order chi connectivity index (χ1) is 11.8. The summed E-state index contributed by atoms with van der Waals surface area (Å²) in [5, 5.41) is 0. The second kappa shape index (κ2) is 7.33. The molecule has 2 aromatic rings. The van der Waals surface area contributed by atoms with Gasteiger partial charge in [-0.15, -0.1) is 11.8 Å². The molecule has 2 heterocycles. The van der Waals surface area contributed by atoms with E-state index in [-0.39, 0.29) is 0 Å². The standard InChI is InChI=1S/C22H27NS/c1-23-15-7-6-9-18(23)13-14-20-19-10-3-2-8-17(19)16-24-22-12-5-4-11-21(20)22/h2-5,8,10-12,18,20H,6-7,9,13-16H2,1H3. The molecule has 2 atom stereocenters. The molecule has 0 bridgehead atoms. The van der Waals surface area contributed by atoms with E-state index in [2.05, 4.69) is 60.5 Å². The van der Waals surface area contributed by atoms with E-state index in [0.717, 1.165) is 11.8 Å². The number of likely N-dealkylation sites (tertiary alicyclic amines) is 1. The number of benzene rings is 2. The van der Waals surface area contributed by atoms with Gasteiger partial charge in [-0.3, -0.25) is 0 Å². The molecule has 2 aliphatic rings. The van der Waals surface area contributed by atoms with Crippen molar-refractivity contribution in [3.63, 3.8) is 0 Å². The van der Waals surface area contributed by atoms with Crippen molar-refractivity contribution in [2.45, 2.75) is 54.7 Å². The summed E-state index contributed by atoms with van der Waals surface area (Å²) in [6.45, 7) is 1.28. The number of hydrogen-bond donors (Lipinski definition) is 0. The van der Waals surface area contributed by atoms with E-state index in [0.29, 0.717) is 5.92 Å². The van der Waals surface area contributed by atoms with Crippen LogP contribution in [0.1, 0.15) is 54.7 Å². The van der Waals surface area contributed by atoms with Gasteiger partial charge in [0.05, 0.1) is 0 Å². The molecular weight excluding hydrogens is 310 g/mol. The average molecular weight is 338 g/mol. The van der Waals surface area contributed by atoms with Crippen molar-refractivity contribution in [2.75, 3.05) is 13.6 Å². The number of nitrogens with zero attached hydrogens (tertiary/aromatic N) is 1. The van der Waals surface area contributed by atoms with Gasteiger partial charge in [0.1, 0.15) is 0 Å². The summed E-state index contributed by atoms with van der Waals surface area (Å²) < 4.78 is 0. The van der Waals surface area contributed by atoms with Gasteiger partial charge in [0.25, 0.3) is 0 Å². The lowest BCUT2D eigenvalue weighted by Crippen LogP contribution is -2.36. The average Bonchev–Trinajstić information content (AvgIpc) is 2.78. The zero-order valence-corrected chi connectivity index (χ0v) is 15.4. The molecule has 0 spiro atoms. The van der Waals surface area contributed by atoms with Crippen molar-refractivity contribution in [1.82, 2.24) is 4.90 Å². The summed E-state index contributed by atoms with van der Waals surface area (Å²) in [5.41, 5.74) is 4.64. The van der Waals surface area contributed by atoms with Crippen molar-refractivity contribution in [1.29, 1.82) is 0 Å². The summed E-state index contributed by atoms with van der Waals surface area (Å²) in [6.07, 6.45) is 6.74. The summed E-state index contributed by atoms with van der Waals surface area (Å²) in [5.74, 6) is 1.66. The monoisotopic (exact) mass is 337 g/mol. The normalized spacial score (nSPS) is 24.0. The maximum absolute atomic E-state index is 2.59. The van der Waals surface area contributed by atoms with Crippen LogP contribution in [-0.2, 0) is 5.75 Å².